The Balaban J connectivity index is 2.11. The van der Waals surface area contributed by atoms with Gasteiger partial charge in [0.15, 0.2) is 6.61 Å². The van der Waals surface area contributed by atoms with E-state index >= 15 is 0 Å². The summed E-state index contributed by atoms with van der Waals surface area (Å²) in [5.41, 5.74) is 0. The minimum atomic E-state index is -4.31. The molecule has 0 aliphatic carbocycles. The van der Waals surface area contributed by atoms with Crippen LogP contribution in [-0.2, 0) is 13.6 Å². The molecular weight excluding hydrogens is 184 g/mol. The molecular formula is C4H6F3O3P. The van der Waals surface area contributed by atoms with Gasteiger partial charge >= 0.3 is 14.8 Å². The first-order valence-electron chi connectivity index (χ1n) is 2.83. The van der Waals surface area contributed by atoms with E-state index in [1.165, 1.54) is 0 Å². The first kappa shape index (κ1) is 9.19. The number of halogens is 3. The van der Waals surface area contributed by atoms with Crippen molar-refractivity contribution in [3.8, 4) is 0 Å². The fourth-order valence-electron chi connectivity index (χ4n) is 0.461. The molecule has 1 heterocycles. The van der Waals surface area contributed by atoms with Crippen LogP contribution in [-0.4, -0.2) is 26.0 Å². The first-order chi connectivity index (χ1) is 5.08. The summed E-state index contributed by atoms with van der Waals surface area (Å²) < 4.78 is 48.1. The van der Waals surface area contributed by atoms with Crippen molar-refractivity contribution in [2.24, 2.45) is 0 Å². The Morgan fingerprint density at radius 1 is 1.27 bits per heavy atom. The van der Waals surface area contributed by atoms with Gasteiger partial charge in [-0.3, -0.25) is 0 Å². The van der Waals surface area contributed by atoms with Crippen LogP contribution in [0.25, 0.3) is 0 Å². The van der Waals surface area contributed by atoms with Crippen molar-refractivity contribution in [1.82, 2.24) is 0 Å². The molecule has 1 rings (SSSR count). The van der Waals surface area contributed by atoms with Crippen LogP contribution < -0.4 is 0 Å². The standard InChI is InChI=1S/C4H6F3O3P/c5-4(6,7)3-10-11-8-1-2-9-11/h1-3H2. The zero-order valence-corrected chi connectivity index (χ0v) is 6.32. The number of alkyl halides is 3. The molecule has 1 aliphatic rings. The van der Waals surface area contributed by atoms with Crippen molar-refractivity contribution in [2.75, 3.05) is 19.8 Å². The average molecular weight is 190 g/mol. The molecule has 7 heteroatoms. The highest BCUT2D eigenvalue weighted by atomic mass is 31.2. The molecule has 0 amide bonds. The van der Waals surface area contributed by atoms with Crippen LogP contribution in [0.4, 0.5) is 13.2 Å². The van der Waals surface area contributed by atoms with E-state index < -0.39 is 21.4 Å². The van der Waals surface area contributed by atoms with Crippen LogP contribution in [0.2, 0.25) is 0 Å². The maximum Gasteiger partial charge on any atom is 0.412 e. The summed E-state index contributed by atoms with van der Waals surface area (Å²) in [7, 11) is -1.73. The van der Waals surface area contributed by atoms with Crippen LogP contribution in [0.5, 0.6) is 0 Å². The van der Waals surface area contributed by atoms with E-state index in [9.17, 15) is 13.2 Å². The lowest BCUT2D eigenvalue weighted by molar-refractivity contribution is -0.154. The van der Waals surface area contributed by atoms with Gasteiger partial charge in [0, 0.05) is 0 Å². The Morgan fingerprint density at radius 2 is 1.82 bits per heavy atom. The lowest BCUT2D eigenvalue weighted by Gasteiger charge is -2.09. The molecule has 0 N–H and O–H groups in total. The number of rotatable bonds is 2. The third-order valence-electron chi connectivity index (χ3n) is 0.810. The second kappa shape index (κ2) is 3.67. The SMILES string of the molecule is FC(F)(F)COP1OCCO1. The van der Waals surface area contributed by atoms with Gasteiger partial charge in [-0.15, -0.1) is 0 Å². The van der Waals surface area contributed by atoms with Gasteiger partial charge in [0.25, 0.3) is 0 Å². The molecule has 1 aliphatic heterocycles. The third-order valence-corrected chi connectivity index (χ3v) is 1.94. The lowest BCUT2D eigenvalue weighted by atomic mass is 10.7. The quantitative estimate of drug-likeness (QED) is 0.621. The van der Waals surface area contributed by atoms with Crippen molar-refractivity contribution >= 4 is 8.60 Å². The molecule has 0 atom stereocenters. The summed E-state index contributed by atoms with van der Waals surface area (Å²) in [5.74, 6) is 0. The molecule has 0 bridgehead atoms. The minimum Gasteiger partial charge on any atom is -0.310 e. The Labute approximate surface area is 62.4 Å². The Morgan fingerprint density at radius 3 is 2.27 bits per heavy atom. The van der Waals surface area contributed by atoms with Gasteiger partial charge in [0.2, 0.25) is 0 Å². The largest absolute Gasteiger partial charge is 0.412 e. The van der Waals surface area contributed by atoms with E-state index in [0.717, 1.165) is 0 Å². The van der Waals surface area contributed by atoms with E-state index in [1.54, 1.807) is 0 Å². The molecule has 0 saturated carbocycles. The predicted octanol–water partition coefficient (Wildman–Crippen LogP) is 1.84. The highest BCUT2D eigenvalue weighted by Crippen LogP contribution is 2.44. The molecule has 1 fully saturated rings. The van der Waals surface area contributed by atoms with Crippen molar-refractivity contribution in [1.29, 1.82) is 0 Å². The highest BCUT2D eigenvalue weighted by Gasteiger charge is 2.31. The third kappa shape index (κ3) is 3.86. The highest BCUT2D eigenvalue weighted by molar-refractivity contribution is 7.41. The molecule has 11 heavy (non-hydrogen) atoms. The van der Waals surface area contributed by atoms with Gasteiger partial charge in [0.1, 0.15) is 0 Å². The lowest BCUT2D eigenvalue weighted by Crippen LogP contribution is -2.15. The van der Waals surface area contributed by atoms with Crippen LogP contribution in [0.3, 0.4) is 0 Å². The number of hydrogen-bond donors (Lipinski definition) is 0. The molecule has 1 saturated heterocycles. The summed E-state index contributed by atoms with van der Waals surface area (Å²) in [4.78, 5) is 0. The fraction of sp³-hybridized carbons (Fsp3) is 1.00. The second-order valence-corrected chi connectivity index (χ2v) is 3.00. The molecule has 0 aromatic rings. The molecule has 3 nitrogen and oxygen atoms in total. The molecule has 0 aromatic heterocycles. The minimum absolute atomic E-state index is 0.309. The van der Waals surface area contributed by atoms with E-state index in [1.807, 2.05) is 0 Å². The molecule has 0 spiro atoms. The van der Waals surface area contributed by atoms with E-state index in [2.05, 4.69) is 13.6 Å². The maximum absolute atomic E-state index is 11.5. The van der Waals surface area contributed by atoms with Gasteiger partial charge in [-0.1, -0.05) is 0 Å². The average Bonchev–Trinajstić information content (AvgIpc) is 2.32. The smallest absolute Gasteiger partial charge is 0.310 e. The van der Waals surface area contributed by atoms with Crippen molar-refractivity contribution in [3.05, 3.63) is 0 Å². The monoisotopic (exact) mass is 190 g/mol. The van der Waals surface area contributed by atoms with Crippen LogP contribution >= 0.6 is 8.60 Å². The molecule has 0 aromatic carbocycles. The summed E-state index contributed by atoms with van der Waals surface area (Å²) in [6, 6.07) is 0. The zero-order chi connectivity index (χ0) is 8.32. The predicted molar refractivity (Wildman–Crippen MR) is 30.8 cm³/mol. The van der Waals surface area contributed by atoms with Gasteiger partial charge in [0.05, 0.1) is 13.2 Å². The van der Waals surface area contributed by atoms with E-state index in [0.29, 0.717) is 13.2 Å². The van der Waals surface area contributed by atoms with Crippen LogP contribution in [0.1, 0.15) is 0 Å². The molecule has 66 valence electrons. The van der Waals surface area contributed by atoms with Crippen molar-refractivity contribution in [3.63, 3.8) is 0 Å². The normalized spacial score (nSPS) is 21.0. The van der Waals surface area contributed by atoms with Gasteiger partial charge < -0.3 is 13.6 Å². The summed E-state index contributed by atoms with van der Waals surface area (Å²) in [5, 5.41) is 0. The van der Waals surface area contributed by atoms with E-state index in [4.69, 9.17) is 0 Å². The molecule has 0 radical (unpaired) electrons. The number of hydrogen-bond acceptors (Lipinski definition) is 3. The van der Waals surface area contributed by atoms with Gasteiger partial charge in [-0.25, -0.2) is 0 Å². The summed E-state index contributed by atoms with van der Waals surface area (Å²) in [6.45, 7) is -0.689. The summed E-state index contributed by atoms with van der Waals surface area (Å²) >= 11 is 0. The van der Waals surface area contributed by atoms with E-state index in [-0.39, 0.29) is 0 Å². The second-order valence-electron chi connectivity index (χ2n) is 1.78. The summed E-state index contributed by atoms with van der Waals surface area (Å²) in [6.07, 6.45) is -4.31. The molecule has 0 unspecified atom stereocenters. The van der Waals surface area contributed by atoms with Crippen molar-refractivity contribution < 1.29 is 26.7 Å². The van der Waals surface area contributed by atoms with Crippen LogP contribution in [0, 0.1) is 0 Å². The van der Waals surface area contributed by atoms with Gasteiger partial charge in [-0.05, 0) is 0 Å². The fourth-order valence-corrected chi connectivity index (χ4v) is 1.38. The maximum atomic E-state index is 11.5. The topological polar surface area (TPSA) is 27.7 Å². The van der Waals surface area contributed by atoms with Crippen LogP contribution in [0.15, 0.2) is 0 Å². The Kier molecular flexibility index (Phi) is 3.06. The first-order valence-corrected chi connectivity index (χ1v) is 3.93. The Hall–Kier alpha value is 0.100. The Bertz CT molecular complexity index is 122. The van der Waals surface area contributed by atoms with Gasteiger partial charge in [-0.2, -0.15) is 13.2 Å². The van der Waals surface area contributed by atoms with Crippen molar-refractivity contribution in [2.45, 2.75) is 6.18 Å². The zero-order valence-electron chi connectivity index (χ0n) is 5.43.